The Bertz CT molecular complexity index is 222. The smallest absolute Gasteiger partial charge is 0.334 e. The maximum atomic E-state index is 10.9. The van der Waals surface area contributed by atoms with E-state index in [1.54, 1.807) is 7.11 Å². The normalized spacial score (nSPS) is 24.2. The van der Waals surface area contributed by atoms with E-state index >= 15 is 0 Å². The molecule has 1 rings (SSSR count). The van der Waals surface area contributed by atoms with Crippen LogP contribution in [0.4, 0.5) is 0 Å². The summed E-state index contributed by atoms with van der Waals surface area (Å²) in [5.41, 5.74) is 0. The van der Waals surface area contributed by atoms with Crippen molar-refractivity contribution in [2.24, 2.45) is 0 Å². The number of piperidine rings is 1. The second kappa shape index (κ2) is 6.83. The van der Waals surface area contributed by atoms with Gasteiger partial charge in [0.25, 0.3) is 0 Å². The summed E-state index contributed by atoms with van der Waals surface area (Å²) in [5.74, 6) is -0.888. The monoisotopic (exact) mass is 231 g/mol. The van der Waals surface area contributed by atoms with Crippen LogP contribution in [0.25, 0.3) is 0 Å². The minimum absolute atomic E-state index is 0.227. The van der Waals surface area contributed by atoms with Crippen molar-refractivity contribution in [1.82, 2.24) is 4.90 Å². The van der Waals surface area contributed by atoms with Crippen molar-refractivity contribution in [2.45, 2.75) is 32.0 Å². The number of rotatable bonds is 6. The zero-order valence-electron chi connectivity index (χ0n) is 10.0. The van der Waals surface area contributed by atoms with Crippen LogP contribution in [-0.4, -0.2) is 61.5 Å². The van der Waals surface area contributed by atoms with Crippen LogP contribution < -0.4 is 0 Å². The van der Waals surface area contributed by atoms with Gasteiger partial charge in [-0.1, -0.05) is 0 Å². The molecule has 0 amide bonds. The fourth-order valence-corrected chi connectivity index (χ4v) is 2.01. The number of hydrogen-bond acceptors (Lipinski definition) is 4. The lowest BCUT2D eigenvalue weighted by atomic mass is 10.1. The average Bonchev–Trinajstić information content (AvgIpc) is 2.28. The zero-order valence-corrected chi connectivity index (χ0v) is 10.0. The number of nitrogens with zero attached hydrogens (tertiary/aromatic N) is 1. The largest absolute Gasteiger partial charge is 0.479 e. The highest BCUT2D eigenvalue weighted by atomic mass is 16.5. The molecule has 1 aliphatic heterocycles. The van der Waals surface area contributed by atoms with E-state index in [1.807, 2.05) is 6.92 Å². The fourth-order valence-electron chi connectivity index (χ4n) is 2.01. The van der Waals surface area contributed by atoms with E-state index in [0.717, 1.165) is 25.9 Å². The number of hydrogen-bond donors (Lipinski definition) is 1. The molecule has 0 saturated carbocycles. The Morgan fingerprint density at radius 2 is 2.38 bits per heavy atom. The molecule has 0 aromatic heterocycles. The van der Waals surface area contributed by atoms with Gasteiger partial charge in [0.15, 0.2) is 6.10 Å². The van der Waals surface area contributed by atoms with Crippen LogP contribution >= 0.6 is 0 Å². The van der Waals surface area contributed by atoms with Crippen LogP contribution in [0.15, 0.2) is 0 Å². The van der Waals surface area contributed by atoms with Crippen molar-refractivity contribution >= 4 is 5.97 Å². The van der Waals surface area contributed by atoms with Crippen LogP contribution in [0.3, 0.4) is 0 Å². The summed E-state index contributed by atoms with van der Waals surface area (Å²) in [4.78, 5) is 13.0. The van der Waals surface area contributed by atoms with Gasteiger partial charge in [-0.15, -0.1) is 0 Å². The minimum Gasteiger partial charge on any atom is -0.479 e. The molecule has 0 bridgehead atoms. The van der Waals surface area contributed by atoms with Gasteiger partial charge in [0.2, 0.25) is 0 Å². The Balaban J connectivity index is 2.41. The fraction of sp³-hybridized carbons (Fsp3) is 0.909. The van der Waals surface area contributed by atoms with E-state index in [1.165, 1.54) is 0 Å². The molecule has 0 aromatic carbocycles. The molecule has 2 unspecified atom stereocenters. The third kappa shape index (κ3) is 4.08. The number of carboxylic acids is 1. The number of ether oxygens (including phenoxy) is 2. The van der Waals surface area contributed by atoms with E-state index in [2.05, 4.69) is 4.90 Å². The Labute approximate surface area is 96.3 Å². The van der Waals surface area contributed by atoms with Crippen LogP contribution in [0.2, 0.25) is 0 Å². The van der Waals surface area contributed by atoms with Crippen molar-refractivity contribution in [3.05, 3.63) is 0 Å². The summed E-state index contributed by atoms with van der Waals surface area (Å²) >= 11 is 0. The lowest BCUT2D eigenvalue weighted by molar-refractivity contribution is -0.152. The summed E-state index contributed by atoms with van der Waals surface area (Å²) in [6.07, 6.45) is 1.61. The Hall–Kier alpha value is -0.650. The maximum absolute atomic E-state index is 10.9. The lowest BCUT2D eigenvalue weighted by Gasteiger charge is -2.33. The second-order valence-corrected chi connectivity index (χ2v) is 4.04. The highest BCUT2D eigenvalue weighted by Crippen LogP contribution is 2.13. The van der Waals surface area contributed by atoms with Crippen molar-refractivity contribution in [1.29, 1.82) is 0 Å². The summed E-state index contributed by atoms with van der Waals surface area (Å²) in [7, 11) is 1.70. The van der Waals surface area contributed by atoms with Gasteiger partial charge in [0.1, 0.15) is 0 Å². The average molecular weight is 231 g/mol. The zero-order chi connectivity index (χ0) is 12.0. The Morgan fingerprint density at radius 1 is 1.62 bits per heavy atom. The van der Waals surface area contributed by atoms with Crippen molar-refractivity contribution in [2.75, 3.05) is 33.4 Å². The third-order valence-electron chi connectivity index (χ3n) is 2.86. The molecule has 0 spiro atoms. The molecule has 16 heavy (non-hydrogen) atoms. The number of carboxylic acid groups (broad SMARTS) is 1. The second-order valence-electron chi connectivity index (χ2n) is 4.04. The van der Waals surface area contributed by atoms with Crippen LogP contribution in [-0.2, 0) is 14.3 Å². The molecule has 0 aromatic rings. The number of likely N-dealkylation sites (tertiary alicyclic amines) is 1. The van der Waals surface area contributed by atoms with Gasteiger partial charge in [0.05, 0.1) is 6.10 Å². The van der Waals surface area contributed by atoms with Crippen molar-refractivity contribution in [3.63, 3.8) is 0 Å². The van der Waals surface area contributed by atoms with Crippen molar-refractivity contribution < 1.29 is 19.4 Å². The van der Waals surface area contributed by atoms with E-state index in [-0.39, 0.29) is 6.10 Å². The molecule has 94 valence electrons. The van der Waals surface area contributed by atoms with E-state index in [4.69, 9.17) is 14.6 Å². The van der Waals surface area contributed by atoms with Gasteiger partial charge in [-0.05, 0) is 26.3 Å². The molecule has 2 atom stereocenters. The molecule has 1 saturated heterocycles. The van der Waals surface area contributed by atoms with E-state index in [0.29, 0.717) is 13.2 Å². The maximum Gasteiger partial charge on any atom is 0.334 e. The molecule has 0 radical (unpaired) electrons. The summed E-state index contributed by atoms with van der Waals surface area (Å²) in [5, 5.41) is 8.98. The van der Waals surface area contributed by atoms with Gasteiger partial charge >= 0.3 is 5.97 Å². The number of aliphatic carboxylic acids is 1. The molecule has 1 fully saturated rings. The van der Waals surface area contributed by atoms with E-state index in [9.17, 15) is 4.79 Å². The van der Waals surface area contributed by atoms with Gasteiger partial charge in [-0.3, -0.25) is 4.90 Å². The Kier molecular flexibility index (Phi) is 5.73. The third-order valence-corrected chi connectivity index (χ3v) is 2.86. The van der Waals surface area contributed by atoms with Crippen molar-refractivity contribution in [3.8, 4) is 0 Å². The molecule has 1 aliphatic rings. The molecule has 0 aliphatic carbocycles. The standard InChI is InChI=1S/C11H21NO4/c1-3-16-10(11(13)14)8-12-6-4-5-9(7-12)15-2/h9-10H,3-8H2,1-2H3,(H,13,14). The van der Waals surface area contributed by atoms with Gasteiger partial charge in [0, 0.05) is 26.8 Å². The van der Waals surface area contributed by atoms with Crippen LogP contribution in [0.1, 0.15) is 19.8 Å². The molecular weight excluding hydrogens is 210 g/mol. The van der Waals surface area contributed by atoms with Gasteiger partial charge < -0.3 is 14.6 Å². The highest BCUT2D eigenvalue weighted by molar-refractivity contribution is 5.72. The number of carbonyl (C=O) groups is 1. The molecular formula is C11H21NO4. The molecule has 5 nitrogen and oxygen atoms in total. The van der Waals surface area contributed by atoms with Gasteiger partial charge in [-0.25, -0.2) is 4.79 Å². The lowest BCUT2D eigenvalue weighted by Crippen LogP contribution is -2.45. The summed E-state index contributed by atoms with van der Waals surface area (Å²) < 4.78 is 10.5. The SMILES string of the molecule is CCOC(CN1CCCC(OC)C1)C(=O)O. The molecule has 1 heterocycles. The quantitative estimate of drug-likeness (QED) is 0.725. The van der Waals surface area contributed by atoms with Gasteiger partial charge in [-0.2, -0.15) is 0 Å². The highest BCUT2D eigenvalue weighted by Gasteiger charge is 2.25. The molecule has 1 N–H and O–H groups in total. The Morgan fingerprint density at radius 3 is 2.94 bits per heavy atom. The molecule has 5 heteroatoms. The predicted octanol–water partition coefficient (Wildman–Crippen LogP) is 0.587. The first kappa shape index (κ1) is 13.4. The summed E-state index contributed by atoms with van der Waals surface area (Å²) in [6, 6.07) is 0. The predicted molar refractivity (Wildman–Crippen MR) is 59.5 cm³/mol. The first-order valence-electron chi connectivity index (χ1n) is 5.77. The summed E-state index contributed by atoms with van der Waals surface area (Å²) in [6.45, 7) is 4.41. The van der Waals surface area contributed by atoms with Crippen LogP contribution in [0.5, 0.6) is 0 Å². The minimum atomic E-state index is -0.888. The van der Waals surface area contributed by atoms with Crippen LogP contribution in [0, 0.1) is 0 Å². The topological polar surface area (TPSA) is 59.0 Å². The first-order chi connectivity index (χ1) is 7.67. The first-order valence-corrected chi connectivity index (χ1v) is 5.77. The van der Waals surface area contributed by atoms with E-state index < -0.39 is 12.1 Å². The number of methoxy groups -OCH3 is 1.